The third kappa shape index (κ3) is 3.72. The van der Waals surface area contributed by atoms with Crippen molar-refractivity contribution in [1.82, 2.24) is 4.90 Å². The molecule has 0 bridgehead atoms. The second-order valence-electron chi connectivity index (χ2n) is 5.14. The minimum Gasteiger partial charge on any atom is -0.507 e. The third-order valence-corrected chi connectivity index (χ3v) is 3.63. The number of anilines is 1. The second-order valence-corrected chi connectivity index (χ2v) is 5.14. The zero-order valence-electron chi connectivity index (χ0n) is 13.7. The van der Waals surface area contributed by atoms with Crippen LogP contribution < -0.4 is 5.32 Å². The number of esters is 2. The van der Waals surface area contributed by atoms with Crippen molar-refractivity contribution in [3.63, 3.8) is 0 Å². The van der Waals surface area contributed by atoms with Gasteiger partial charge in [0, 0.05) is 18.3 Å². The Hall–Kier alpha value is -3.07. The van der Waals surface area contributed by atoms with Crippen LogP contribution in [0.15, 0.2) is 29.5 Å². The molecule has 0 unspecified atom stereocenters. The van der Waals surface area contributed by atoms with Crippen molar-refractivity contribution in [2.45, 2.75) is 0 Å². The summed E-state index contributed by atoms with van der Waals surface area (Å²) in [5.41, 5.74) is 0.360. The van der Waals surface area contributed by atoms with Crippen LogP contribution in [0.5, 0.6) is 5.75 Å². The second kappa shape index (κ2) is 7.67. The summed E-state index contributed by atoms with van der Waals surface area (Å²) in [4.78, 5) is 37.0. The highest BCUT2D eigenvalue weighted by atomic mass is 16.5. The van der Waals surface area contributed by atoms with Crippen molar-refractivity contribution in [2.75, 3.05) is 39.2 Å². The molecular weight excluding hydrogens is 332 g/mol. The first-order valence-corrected chi connectivity index (χ1v) is 7.32. The molecule has 9 nitrogen and oxygen atoms in total. The van der Waals surface area contributed by atoms with E-state index < -0.39 is 17.8 Å². The maximum atomic E-state index is 12.4. The maximum absolute atomic E-state index is 12.4. The number of benzene rings is 1. The first kappa shape index (κ1) is 18.3. The van der Waals surface area contributed by atoms with Gasteiger partial charge >= 0.3 is 11.9 Å². The number of aliphatic hydroxyl groups is 1. The Bertz CT molecular complexity index is 742. The van der Waals surface area contributed by atoms with Gasteiger partial charge in [0.15, 0.2) is 0 Å². The molecular formula is C16H18N2O7. The van der Waals surface area contributed by atoms with E-state index in [-0.39, 0.29) is 42.3 Å². The van der Waals surface area contributed by atoms with E-state index in [4.69, 9.17) is 5.11 Å². The van der Waals surface area contributed by atoms with Crippen molar-refractivity contribution < 1.29 is 34.1 Å². The SMILES string of the molecule is COC(=O)C1=C(Nc2ccc(C(=O)OC)c(O)c2)C(=O)N(CCO)C1. The Balaban J connectivity index is 2.32. The quantitative estimate of drug-likeness (QED) is 0.605. The summed E-state index contributed by atoms with van der Waals surface area (Å²) in [6, 6.07) is 4.01. The third-order valence-electron chi connectivity index (χ3n) is 3.63. The lowest BCUT2D eigenvalue weighted by Gasteiger charge is -2.15. The summed E-state index contributed by atoms with van der Waals surface area (Å²) in [6.45, 7) is -0.181. The van der Waals surface area contributed by atoms with Crippen LogP contribution in [0, 0.1) is 0 Å². The summed E-state index contributed by atoms with van der Waals surface area (Å²) in [5.74, 6) is -2.20. The minimum atomic E-state index is -0.704. The molecule has 0 aromatic heterocycles. The number of nitrogens with one attached hydrogen (secondary N) is 1. The Labute approximate surface area is 143 Å². The number of hydrogen-bond donors (Lipinski definition) is 3. The molecule has 0 spiro atoms. The topological polar surface area (TPSA) is 125 Å². The highest BCUT2D eigenvalue weighted by molar-refractivity contribution is 6.08. The highest BCUT2D eigenvalue weighted by Gasteiger charge is 2.34. The monoisotopic (exact) mass is 350 g/mol. The van der Waals surface area contributed by atoms with E-state index in [9.17, 15) is 19.5 Å². The smallest absolute Gasteiger partial charge is 0.341 e. The fourth-order valence-corrected chi connectivity index (χ4v) is 2.39. The summed E-state index contributed by atoms with van der Waals surface area (Å²) < 4.78 is 9.21. The predicted octanol–water partition coefficient (Wildman–Crippen LogP) is -0.148. The molecule has 1 aliphatic rings. The first-order valence-electron chi connectivity index (χ1n) is 7.32. The largest absolute Gasteiger partial charge is 0.507 e. The molecule has 1 aliphatic heterocycles. The van der Waals surface area contributed by atoms with Gasteiger partial charge in [-0.3, -0.25) is 4.79 Å². The number of phenolic OH excluding ortho intramolecular Hbond substituents is 1. The van der Waals surface area contributed by atoms with Crippen LogP contribution >= 0.6 is 0 Å². The van der Waals surface area contributed by atoms with E-state index in [0.29, 0.717) is 5.69 Å². The number of carbonyl (C=O) groups excluding carboxylic acids is 3. The number of hydrogen-bond acceptors (Lipinski definition) is 8. The molecule has 1 heterocycles. The van der Waals surface area contributed by atoms with Crippen molar-refractivity contribution in [3.05, 3.63) is 35.0 Å². The Kier molecular flexibility index (Phi) is 5.60. The van der Waals surface area contributed by atoms with Crippen molar-refractivity contribution >= 4 is 23.5 Å². The lowest BCUT2D eigenvalue weighted by atomic mass is 10.1. The molecule has 25 heavy (non-hydrogen) atoms. The Morgan fingerprint density at radius 1 is 1.24 bits per heavy atom. The average Bonchev–Trinajstić information content (AvgIpc) is 2.90. The van der Waals surface area contributed by atoms with E-state index in [1.54, 1.807) is 0 Å². The number of carbonyl (C=O) groups is 3. The molecule has 1 aromatic carbocycles. The Morgan fingerprint density at radius 2 is 1.92 bits per heavy atom. The molecule has 0 fully saturated rings. The number of rotatable bonds is 6. The van der Waals surface area contributed by atoms with E-state index >= 15 is 0 Å². The molecule has 0 saturated carbocycles. The Morgan fingerprint density at radius 3 is 2.48 bits per heavy atom. The van der Waals surface area contributed by atoms with Crippen LogP contribution in [0.2, 0.25) is 0 Å². The van der Waals surface area contributed by atoms with Gasteiger partial charge in [0.05, 0.1) is 32.9 Å². The van der Waals surface area contributed by atoms with Gasteiger partial charge in [-0.15, -0.1) is 0 Å². The highest BCUT2D eigenvalue weighted by Crippen LogP contribution is 2.27. The molecule has 0 saturated heterocycles. The summed E-state index contributed by atoms with van der Waals surface area (Å²) in [5, 5.41) is 21.7. The van der Waals surface area contributed by atoms with Crippen LogP contribution in [0.25, 0.3) is 0 Å². The maximum Gasteiger partial charge on any atom is 0.341 e. The van der Waals surface area contributed by atoms with E-state index in [0.717, 1.165) is 0 Å². The minimum absolute atomic E-state index is 0.000621. The molecule has 1 amide bonds. The van der Waals surface area contributed by atoms with Gasteiger partial charge in [-0.2, -0.15) is 0 Å². The van der Waals surface area contributed by atoms with Crippen molar-refractivity contribution in [3.8, 4) is 5.75 Å². The van der Waals surface area contributed by atoms with Gasteiger partial charge in [0.2, 0.25) is 0 Å². The van der Waals surface area contributed by atoms with Crippen molar-refractivity contribution in [2.24, 2.45) is 0 Å². The fourth-order valence-electron chi connectivity index (χ4n) is 2.39. The van der Waals surface area contributed by atoms with Crippen LogP contribution in [-0.2, 0) is 19.1 Å². The van der Waals surface area contributed by atoms with Gasteiger partial charge in [0.1, 0.15) is 17.0 Å². The fraction of sp³-hybridized carbons (Fsp3) is 0.312. The number of methoxy groups -OCH3 is 2. The van der Waals surface area contributed by atoms with E-state index in [1.807, 2.05) is 0 Å². The number of amides is 1. The molecule has 0 aliphatic carbocycles. The molecule has 3 N–H and O–H groups in total. The molecule has 2 rings (SSSR count). The molecule has 134 valence electrons. The number of nitrogens with zero attached hydrogens (tertiary/aromatic N) is 1. The van der Waals surface area contributed by atoms with Crippen molar-refractivity contribution in [1.29, 1.82) is 0 Å². The molecule has 0 atom stereocenters. The number of aliphatic hydroxyl groups excluding tert-OH is 1. The van der Waals surface area contributed by atoms with Crippen LogP contribution in [0.4, 0.5) is 5.69 Å². The molecule has 1 aromatic rings. The average molecular weight is 350 g/mol. The van der Waals surface area contributed by atoms with Gasteiger partial charge < -0.3 is 29.9 Å². The van der Waals surface area contributed by atoms with Crippen LogP contribution in [-0.4, -0.2) is 66.9 Å². The summed E-state index contributed by atoms with van der Waals surface area (Å²) >= 11 is 0. The normalized spacial score (nSPS) is 13.9. The van der Waals surface area contributed by atoms with Gasteiger partial charge in [-0.05, 0) is 12.1 Å². The zero-order valence-corrected chi connectivity index (χ0v) is 13.7. The summed E-state index contributed by atoms with van der Waals surface area (Å²) in [7, 11) is 2.39. The number of aromatic hydroxyl groups is 1. The lowest BCUT2D eigenvalue weighted by molar-refractivity contribution is -0.136. The number of ether oxygens (including phenoxy) is 2. The molecule has 0 radical (unpaired) electrons. The standard InChI is InChI=1S/C16H18N2O7/c1-24-15(22)10-4-3-9(7-12(10)20)17-13-11(16(23)25-2)8-18(5-6-19)14(13)21/h3-4,7,17,19-20H,5-6,8H2,1-2H3. The summed E-state index contributed by atoms with van der Waals surface area (Å²) in [6.07, 6.45) is 0. The number of β-amino-alcohol motifs (C(OH)–C–C–N with tert-alkyl or cyclic N) is 1. The van der Waals surface area contributed by atoms with Gasteiger partial charge in [-0.1, -0.05) is 0 Å². The van der Waals surface area contributed by atoms with Gasteiger partial charge in [-0.25, -0.2) is 9.59 Å². The lowest BCUT2D eigenvalue weighted by Crippen LogP contribution is -2.31. The number of phenols is 1. The van der Waals surface area contributed by atoms with Crippen LogP contribution in [0.1, 0.15) is 10.4 Å². The van der Waals surface area contributed by atoms with E-state index in [2.05, 4.69) is 14.8 Å². The zero-order chi connectivity index (χ0) is 18.6. The van der Waals surface area contributed by atoms with Crippen LogP contribution in [0.3, 0.4) is 0 Å². The predicted molar refractivity (Wildman–Crippen MR) is 85.8 cm³/mol. The molecule has 9 heteroatoms. The first-order chi connectivity index (χ1) is 11.9. The van der Waals surface area contributed by atoms with Gasteiger partial charge in [0.25, 0.3) is 5.91 Å². The van der Waals surface area contributed by atoms with E-state index in [1.165, 1.54) is 37.3 Å².